The van der Waals surface area contributed by atoms with E-state index in [1.807, 2.05) is 39.0 Å². The lowest BCUT2D eigenvalue weighted by atomic mass is 10.1. The molecule has 2 aromatic carbocycles. The number of rotatable bonds is 8. The standard InChI is InChI=1S/C20H22N4O3S/c1-5-27-16-9-7-15(8-10-16)19(25)14(3)28-20-21-22-23-24(20)17-12-13(2)6-11-18(17)26-4/h6-12,14H,5H2,1-4H3/t14-/m0/s1. The molecule has 3 rings (SSSR count). The van der Waals surface area contributed by atoms with Gasteiger partial charge in [0, 0.05) is 5.56 Å². The van der Waals surface area contributed by atoms with Crippen molar-refractivity contribution in [3.05, 3.63) is 53.6 Å². The van der Waals surface area contributed by atoms with Crippen LogP contribution in [0, 0.1) is 6.92 Å². The van der Waals surface area contributed by atoms with Gasteiger partial charge in [0.2, 0.25) is 5.16 Å². The topological polar surface area (TPSA) is 79.1 Å². The Hall–Kier alpha value is -2.87. The maximum atomic E-state index is 12.8. The number of thioether (sulfide) groups is 1. The maximum absolute atomic E-state index is 12.8. The number of hydrogen-bond donors (Lipinski definition) is 0. The van der Waals surface area contributed by atoms with Gasteiger partial charge in [-0.05, 0) is 73.2 Å². The van der Waals surface area contributed by atoms with Gasteiger partial charge < -0.3 is 9.47 Å². The molecule has 1 heterocycles. The van der Waals surface area contributed by atoms with E-state index in [1.54, 1.807) is 36.1 Å². The molecule has 0 saturated heterocycles. The molecule has 28 heavy (non-hydrogen) atoms. The summed E-state index contributed by atoms with van der Waals surface area (Å²) in [6.45, 7) is 6.34. The predicted octanol–water partition coefficient (Wildman–Crippen LogP) is 3.74. The van der Waals surface area contributed by atoms with Crippen LogP contribution in [0.25, 0.3) is 5.69 Å². The highest BCUT2D eigenvalue weighted by Gasteiger charge is 2.21. The fourth-order valence-corrected chi connectivity index (χ4v) is 3.58. The lowest BCUT2D eigenvalue weighted by molar-refractivity contribution is 0.0994. The van der Waals surface area contributed by atoms with Crippen molar-refractivity contribution in [1.82, 2.24) is 20.2 Å². The van der Waals surface area contributed by atoms with Gasteiger partial charge in [-0.25, -0.2) is 0 Å². The van der Waals surface area contributed by atoms with Gasteiger partial charge in [0.15, 0.2) is 5.78 Å². The van der Waals surface area contributed by atoms with Crippen LogP contribution in [0.3, 0.4) is 0 Å². The van der Waals surface area contributed by atoms with Gasteiger partial charge in [-0.3, -0.25) is 4.79 Å². The summed E-state index contributed by atoms with van der Waals surface area (Å²) in [4.78, 5) is 12.8. The second kappa shape index (κ2) is 8.88. The molecule has 1 aromatic heterocycles. The summed E-state index contributed by atoms with van der Waals surface area (Å²) in [7, 11) is 1.60. The number of hydrogen-bond acceptors (Lipinski definition) is 7. The minimum absolute atomic E-state index is 0.00111. The lowest BCUT2D eigenvalue weighted by Crippen LogP contribution is -2.15. The summed E-state index contributed by atoms with van der Waals surface area (Å²) in [5, 5.41) is 12.1. The molecule has 0 aliphatic carbocycles. The molecule has 0 unspecified atom stereocenters. The molecular formula is C20H22N4O3S. The van der Waals surface area contributed by atoms with E-state index in [4.69, 9.17) is 9.47 Å². The Morgan fingerprint density at radius 1 is 1.21 bits per heavy atom. The van der Waals surface area contributed by atoms with Crippen LogP contribution in [0.5, 0.6) is 11.5 Å². The Balaban J connectivity index is 1.80. The third-order valence-corrected chi connectivity index (χ3v) is 5.14. The van der Waals surface area contributed by atoms with Gasteiger partial charge in [-0.2, -0.15) is 4.68 Å². The number of ether oxygens (including phenoxy) is 2. The number of benzene rings is 2. The molecule has 3 aromatic rings. The average molecular weight is 398 g/mol. The van der Waals surface area contributed by atoms with E-state index < -0.39 is 0 Å². The molecular weight excluding hydrogens is 376 g/mol. The largest absolute Gasteiger partial charge is 0.494 e. The minimum Gasteiger partial charge on any atom is -0.494 e. The number of aryl methyl sites for hydroxylation is 1. The van der Waals surface area contributed by atoms with Crippen molar-refractivity contribution < 1.29 is 14.3 Å². The summed E-state index contributed by atoms with van der Waals surface area (Å²) in [6.07, 6.45) is 0. The Bertz CT molecular complexity index is 956. The molecule has 0 aliphatic rings. The van der Waals surface area contributed by atoms with E-state index in [9.17, 15) is 4.79 Å². The number of aromatic nitrogens is 4. The van der Waals surface area contributed by atoms with Crippen LogP contribution in [0.4, 0.5) is 0 Å². The third kappa shape index (κ3) is 4.33. The molecule has 0 amide bonds. The molecule has 0 aliphatic heterocycles. The Kier molecular flexibility index (Phi) is 6.30. The van der Waals surface area contributed by atoms with Crippen LogP contribution in [0.1, 0.15) is 29.8 Å². The molecule has 0 saturated carbocycles. The van der Waals surface area contributed by atoms with Crippen molar-refractivity contribution in [2.24, 2.45) is 0 Å². The zero-order valence-electron chi connectivity index (χ0n) is 16.2. The van der Waals surface area contributed by atoms with Crippen molar-refractivity contribution in [2.75, 3.05) is 13.7 Å². The third-order valence-electron chi connectivity index (χ3n) is 4.10. The number of nitrogens with zero attached hydrogens (tertiary/aromatic N) is 4. The molecule has 0 spiro atoms. The van der Waals surface area contributed by atoms with Crippen LogP contribution in [-0.2, 0) is 0 Å². The molecule has 7 nitrogen and oxygen atoms in total. The second-order valence-corrected chi connectivity index (χ2v) is 7.44. The zero-order valence-corrected chi connectivity index (χ0v) is 17.1. The highest BCUT2D eigenvalue weighted by atomic mass is 32.2. The number of ketones is 1. The summed E-state index contributed by atoms with van der Waals surface area (Å²) in [5.41, 5.74) is 2.41. The fourth-order valence-electron chi connectivity index (χ4n) is 2.70. The van der Waals surface area contributed by atoms with Crippen molar-refractivity contribution in [3.8, 4) is 17.2 Å². The molecule has 0 bridgehead atoms. The molecule has 146 valence electrons. The first-order valence-electron chi connectivity index (χ1n) is 8.90. The van der Waals surface area contributed by atoms with Gasteiger partial charge in [-0.15, -0.1) is 5.10 Å². The van der Waals surface area contributed by atoms with E-state index in [0.29, 0.717) is 23.1 Å². The van der Waals surface area contributed by atoms with Crippen molar-refractivity contribution in [3.63, 3.8) is 0 Å². The number of carbonyl (C=O) groups is 1. The monoisotopic (exact) mass is 398 g/mol. The summed E-state index contributed by atoms with van der Waals surface area (Å²) in [5.74, 6) is 1.40. The van der Waals surface area contributed by atoms with Crippen LogP contribution in [0.15, 0.2) is 47.6 Å². The first-order chi connectivity index (χ1) is 13.5. The molecule has 8 heteroatoms. The average Bonchev–Trinajstić information content (AvgIpc) is 3.16. The van der Waals surface area contributed by atoms with Crippen LogP contribution >= 0.6 is 11.8 Å². The summed E-state index contributed by atoms with van der Waals surface area (Å²) in [6, 6.07) is 12.9. The SMILES string of the molecule is CCOc1ccc(C(=O)[C@H](C)Sc2nnnn2-c2cc(C)ccc2OC)cc1. The normalized spacial score (nSPS) is 11.9. The summed E-state index contributed by atoms with van der Waals surface area (Å²) < 4.78 is 12.4. The Morgan fingerprint density at radius 3 is 2.64 bits per heavy atom. The second-order valence-electron chi connectivity index (χ2n) is 6.13. The number of tetrazole rings is 1. The fraction of sp³-hybridized carbons (Fsp3) is 0.300. The quantitative estimate of drug-likeness (QED) is 0.422. The smallest absolute Gasteiger partial charge is 0.214 e. The molecule has 0 radical (unpaired) electrons. The maximum Gasteiger partial charge on any atom is 0.214 e. The van der Waals surface area contributed by atoms with Crippen molar-refractivity contribution in [2.45, 2.75) is 31.2 Å². The molecule has 0 N–H and O–H groups in total. The van der Waals surface area contributed by atoms with E-state index >= 15 is 0 Å². The van der Waals surface area contributed by atoms with Gasteiger partial charge in [0.05, 0.1) is 19.0 Å². The van der Waals surface area contributed by atoms with Crippen LogP contribution in [-0.4, -0.2) is 45.0 Å². The van der Waals surface area contributed by atoms with Gasteiger partial charge in [-0.1, -0.05) is 17.8 Å². The number of methoxy groups -OCH3 is 1. The van der Waals surface area contributed by atoms with Gasteiger partial charge in [0.1, 0.15) is 17.2 Å². The van der Waals surface area contributed by atoms with E-state index in [0.717, 1.165) is 17.0 Å². The van der Waals surface area contributed by atoms with Gasteiger partial charge >= 0.3 is 0 Å². The highest BCUT2D eigenvalue weighted by Crippen LogP contribution is 2.30. The first kappa shape index (κ1) is 19.9. The Morgan fingerprint density at radius 2 is 1.96 bits per heavy atom. The summed E-state index contributed by atoms with van der Waals surface area (Å²) >= 11 is 1.30. The highest BCUT2D eigenvalue weighted by molar-refractivity contribution is 8.00. The van der Waals surface area contributed by atoms with E-state index in [1.165, 1.54) is 11.8 Å². The van der Waals surface area contributed by atoms with E-state index in [2.05, 4.69) is 15.5 Å². The minimum atomic E-state index is -0.363. The van der Waals surface area contributed by atoms with Gasteiger partial charge in [0.25, 0.3) is 0 Å². The number of carbonyl (C=O) groups excluding carboxylic acids is 1. The molecule has 0 fully saturated rings. The number of Topliss-reactive ketones (excluding diaryl/α,β-unsaturated/α-hetero) is 1. The zero-order chi connectivity index (χ0) is 20.1. The first-order valence-corrected chi connectivity index (χ1v) is 9.78. The van der Waals surface area contributed by atoms with E-state index in [-0.39, 0.29) is 11.0 Å². The van der Waals surface area contributed by atoms with Crippen molar-refractivity contribution in [1.29, 1.82) is 0 Å². The Labute approximate surface area is 168 Å². The van der Waals surface area contributed by atoms with Crippen molar-refractivity contribution >= 4 is 17.5 Å². The van der Waals surface area contributed by atoms with Crippen LogP contribution in [0.2, 0.25) is 0 Å². The molecule has 1 atom stereocenters. The van der Waals surface area contributed by atoms with Crippen LogP contribution < -0.4 is 9.47 Å². The lowest BCUT2D eigenvalue weighted by Gasteiger charge is -2.13. The predicted molar refractivity (Wildman–Crippen MR) is 108 cm³/mol.